The quantitative estimate of drug-likeness (QED) is 0.861. The van der Waals surface area contributed by atoms with Gasteiger partial charge in [0.15, 0.2) is 0 Å². The SMILES string of the molecule is O=C(NC1CC1)C1CCCN1C(=O)NCc1cnn(-c2ccccc2)c1. The number of para-hydroxylation sites is 1. The molecule has 1 aromatic heterocycles. The summed E-state index contributed by atoms with van der Waals surface area (Å²) in [6.07, 6.45) is 7.34. The fourth-order valence-corrected chi connectivity index (χ4v) is 3.26. The van der Waals surface area contributed by atoms with Crippen molar-refractivity contribution in [3.8, 4) is 5.69 Å². The second kappa shape index (κ2) is 7.19. The van der Waals surface area contributed by atoms with Crippen LogP contribution in [0.5, 0.6) is 0 Å². The van der Waals surface area contributed by atoms with E-state index in [0.717, 1.165) is 36.9 Å². The molecular weight excluding hydrogens is 330 g/mol. The molecule has 2 N–H and O–H groups in total. The van der Waals surface area contributed by atoms with Gasteiger partial charge in [0.05, 0.1) is 11.9 Å². The van der Waals surface area contributed by atoms with Crippen molar-refractivity contribution in [1.82, 2.24) is 25.3 Å². The number of amides is 3. The van der Waals surface area contributed by atoms with Crippen molar-refractivity contribution in [2.24, 2.45) is 0 Å². The number of rotatable bonds is 5. The number of hydrogen-bond acceptors (Lipinski definition) is 3. The summed E-state index contributed by atoms with van der Waals surface area (Å²) in [4.78, 5) is 26.5. The molecule has 1 aliphatic carbocycles. The van der Waals surface area contributed by atoms with Crippen LogP contribution >= 0.6 is 0 Å². The Morgan fingerprint density at radius 3 is 2.73 bits per heavy atom. The van der Waals surface area contributed by atoms with Crippen LogP contribution in [-0.2, 0) is 11.3 Å². The molecule has 1 unspecified atom stereocenters. The highest BCUT2D eigenvalue weighted by atomic mass is 16.2. The zero-order valence-electron chi connectivity index (χ0n) is 14.6. The Bertz CT molecular complexity index is 784. The number of hydrogen-bond donors (Lipinski definition) is 2. The molecule has 2 aromatic rings. The van der Waals surface area contributed by atoms with Crippen LogP contribution in [-0.4, -0.2) is 45.2 Å². The second-order valence-electron chi connectivity index (χ2n) is 6.92. The van der Waals surface area contributed by atoms with Crippen LogP contribution in [0.1, 0.15) is 31.2 Å². The smallest absolute Gasteiger partial charge is 0.318 e. The van der Waals surface area contributed by atoms with E-state index in [0.29, 0.717) is 19.1 Å². The molecule has 0 bridgehead atoms. The van der Waals surface area contributed by atoms with Crippen LogP contribution in [0.25, 0.3) is 5.69 Å². The summed E-state index contributed by atoms with van der Waals surface area (Å²) >= 11 is 0. The highest BCUT2D eigenvalue weighted by Gasteiger charge is 2.36. The fourth-order valence-electron chi connectivity index (χ4n) is 3.26. The molecular formula is C19H23N5O2. The van der Waals surface area contributed by atoms with Gasteiger partial charge in [-0.2, -0.15) is 5.10 Å². The first-order valence-electron chi connectivity index (χ1n) is 9.14. The van der Waals surface area contributed by atoms with Crippen LogP contribution < -0.4 is 10.6 Å². The molecule has 1 atom stereocenters. The largest absolute Gasteiger partial charge is 0.352 e. The molecule has 0 spiro atoms. The van der Waals surface area contributed by atoms with Gasteiger partial charge in [-0.25, -0.2) is 9.48 Å². The minimum absolute atomic E-state index is 0.0166. The second-order valence-corrected chi connectivity index (χ2v) is 6.92. The monoisotopic (exact) mass is 353 g/mol. The van der Waals surface area contributed by atoms with Crippen LogP contribution in [0.15, 0.2) is 42.7 Å². The van der Waals surface area contributed by atoms with Gasteiger partial charge < -0.3 is 15.5 Å². The Kier molecular flexibility index (Phi) is 4.60. The van der Waals surface area contributed by atoms with Crippen LogP contribution in [0.4, 0.5) is 4.79 Å². The molecule has 1 aromatic carbocycles. The highest BCUT2D eigenvalue weighted by molar-refractivity contribution is 5.88. The average molecular weight is 353 g/mol. The predicted molar refractivity (Wildman–Crippen MR) is 96.7 cm³/mol. The Hall–Kier alpha value is -2.83. The van der Waals surface area contributed by atoms with E-state index in [4.69, 9.17) is 0 Å². The molecule has 2 heterocycles. The van der Waals surface area contributed by atoms with E-state index in [1.54, 1.807) is 15.8 Å². The Morgan fingerprint density at radius 2 is 1.96 bits per heavy atom. The lowest BCUT2D eigenvalue weighted by atomic mass is 10.2. The molecule has 0 radical (unpaired) electrons. The molecule has 4 rings (SSSR count). The van der Waals surface area contributed by atoms with Crippen molar-refractivity contribution >= 4 is 11.9 Å². The number of aromatic nitrogens is 2. The van der Waals surface area contributed by atoms with Gasteiger partial charge in [-0.15, -0.1) is 0 Å². The van der Waals surface area contributed by atoms with Crippen molar-refractivity contribution in [3.05, 3.63) is 48.3 Å². The minimum atomic E-state index is -0.345. The zero-order valence-corrected chi connectivity index (χ0v) is 14.6. The van der Waals surface area contributed by atoms with Gasteiger partial charge >= 0.3 is 6.03 Å². The molecule has 26 heavy (non-hydrogen) atoms. The van der Waals surface area contributed by atoms with E-state index in [1.165, 1.54) is 0 Å². The number of nitrogens with zero attached hydrogens (tertiary/aromatic N) is 3. The molecule has 7 heteroatoms. The van der Waals surface area contributed by atoms with Gasteiger partial charge in [0, 0.05) is 30.9 Å². The van der Waals surface area contributed by atoms with Gasteiger partial charge in [0.25, 0.3) is 0 Å². The molecule has 2 aliphatic rings. The lowest BCUT2D eigenvalue weighted by molar-refractivity contribution is -0.124. The maximum Gasteiger partial charge on any atom is 0.318 e. The van der Waals surface area contributed by atoms with E-state index in [1.807, 2.05) is 36.5 Å². The molecule has 7 nitrogen and oxygen atoms in total. The van der Waals surface area contributed by atoms with Crippen LogP contribution in [0.2, 0.25) is 0 Å². The summed E-state index contributed by atoms with van der Waals surface area (Å²) in [5.74, 6) is -0.0166. The fraction of sp³-hybridized carbons (Fsp3) is 0.421. The normalized spacial score (nSPS) is 19.4. The van der Waals surface area contributed by atoms with Gasteiger partial charge in [-0.1, -0.05) is 18.2 Å². The minimum Gasteiger partial charge on any atom is -0.352 e. The van der Waals surface area contributed by atoms with Crippen molar-refractivity contribution in [2.75, 3.05) is 6.54 Å². The summed E-state index contributed by atoms with van der Waals surface area (Å²) in [7, 11) is 0. The molecule has 2 fully saturated rings. The van der Waals surface area contributed by atoms with Gasteiger partial charge in [0.2, 0.25) is 5.91 Å². The van der Waals surface area contributed by atoms with E-state index in [2.05, 4.69) is 15.7 Å². The number of carbonyl (C=O) groups excluding carboxylic acids is 2. The summed E-state index contributed by atoms with van der Waals surface area (Å²) in [5, 5.41) is 10.2. The molecule has 1 saturated carbocycles. The van der Waals surface area contributed by atoms with E-state index in [9.17, 15) is 9.59 Å². The lowest BCUT2D eigenvalue weighted by Crippen LogP contribution is -2.49. The van der Waals surface area contributed by atoms with Crippen molar-refractivity contribution in [2.45, 2.75) is 44.3 Å². The third kappa shape index (κ3) is 3.71. The third-order valence-electron chi connectivity index (χ3n) is 4.84. The van der Waals surface area contributed by atoms with Crippen molar-refractivity contribution in [1.29, 1.82) is 0 Å². The third-order valence-corrected chi connectivity index (χ3v) is 4.84. The Balaban J connectivity index is 1.33. The van der Waals surface area contributed by atoms with Crippen LogP contribution in [0.3, 0.4) is 0 Å². The maximum absolute atomic E-state index is 12.5. The molecule has 1 saturated heterocycles. The summed E-state index contributed by atoms with van der Waals surface area (Å²) < 4.78 is 1.78. The van der Waals surface area contributed by atoms with Gasteiger partial charge in [-0.05, 0) is 37.8 Å². The summed E-state index contributed by atoms with van der Waals surface area (Å²) in [6.45, 7) is 1.01. The summed E-state index contributed by atoms with van der Waals surface area (Å²) in [5.41, 5.74) is 1.89. The van der Waals surface area contributed by atoms with Crippen molar-refractivity contribution < 1.29 is 9.59 Å². The average Bonchev–Trinajstić information content (AvgIpc) is 3.15. The summed E-state index contributed by atoms with van der Waals surface area (Å²) in [6, 6.07) is 9.60. The number of nitrogens with one attached hydrogen (secondary N) is 2. The highest BCUT2D eigenvalue weighted by Crippen LogP contribution is 2.22. The number of benzene rings is 1. The number of likely N-dealkylation sites (tertiary alicyclic amines) is 1. The molecule has 136 valence electrons. The molecule has 1 aliphatic heterocycles. The molecule has 3 amide bonds. The van der Waals surface area contributed by atoms with E-state index in [-0.39, 0.29) is 18.0 Å². The maximum atomic E-state index is 12.5. The van der Waals surface area contributed by atoms with E-state index >= 15 is 0 Å². The van der Waals surface area contributed by atoms with E-state index < -0.39 is 0 Å². The van der Waals surface area contributed by atoms with Gasteiger partial charge in [0.1, 0.15) is 6.04 Å². The zero-order chi connectivity index (χ0) is 17.9. The van der Waals surface area contributed by atoms with Crippen LogP contribution in [0, 0.1) is 0 Å². The Labute approximate surface area is 152 Å². The van der Waals surface area contributed by atoms with Crippen molar-refractivity contribution in [3.63, 3.8) is 0 Å². The number of urea groups is 1. The van der Waals surface area contributed by atoms with Gasteiger partial charge in [-0.3, -0.25) is 4.79 Å². The first-order chi connectivity index (χ1) is 12.7. The topological polar surface area (TPSA) is 79.3 Å². The standard InChI is InChI=1S/C19H23N5O2/c25-18(22-15-8-9-15)17-7-4-10-23(17)19(26)20-11-14-12-21-24(13-14)16-5-2-1-3-6-16/h1-3,5-6,12-13,15,17H,4,7-11H2,(H,20,26)(H,22,25). The number of carbonyl (C=O) groups is 2. The lowest BCUT2D eigenvalue weighted by Gasteiger charge is -2.24. The predicted octanol–water partition coefficient (Wildman–Crippen LogP) is 1.82. The first kappa shape index (κ1) is 16.6. The first-order valence-corrected chi connectivity index (χ1v) is 9.14. The Morgan fingerprint density at radius 1 is 1.15 bits per heavy atom.